The van der Waals surface area contributed by atoms with Gasteiger partial charge in [-0.3, -0.25) is 0 Å². The zero-order valence-electron chi connectivity index (χ0n) is 16.1. The number of phenolic OH excluding ortho intramolecular Hbond substituents is 1. The number of nitrogens with zero attached hydrogens (tertiary/aromatic N) is 5. The fourth-order valence-corrected chi connectivity index (χ4v) is 3.68. The van der Waals surface area contributed by atoms with Gasteiger partial charge in [0.15, 0.2) is 11.5 Å². The van der Waals surface area contributed by atoms with Crippen LogP contribution in [-0.2, 0) is 4.74 Å². The van der Waals surface area contributed by atoms with E-state index in [1.54, 1.807) is 18.2 Å². The minimum Gasteiger partial charge on any atom is -0.508 e. The SMILES string of the molecule is CC1CN(c2nc(-c3cccc(O)c3)nc3c2cnn3-c2ccccc2)CCO1. The van der Waals surface area contributed by atoms with Crippen molar-refractivity contribution in [1.82, 2.24) is 19.7 Å². The van der Waals surface area contributed by atoms with Crippen LogP contribution in [0.5, 0.6) is 5.75 Å². The van der Waals surface area contributed by atoms with Crippen LogP contribution in [0, 0.1) is 0 Å². The Morgan fingerprint density at radius 1 is 1.07 bits per heavy atom. The molecule has 2 aromatic carbocycles. The van der Waals surface area contributed by atoms with E-state index in [9.17, 15) is 5.11 Å². The summed E-state index contributed by atoms with van der Waals surface area (Å²) in [6.45, 7) is 4.23. The minimum atomic E-state index is 0.127. The van der Waals surface area contributed by atoms with Crippen molar-refractivity contribution in [2.75, 3.05) is 24.6 Å². The number of hydrogen-bond donors (Lipinski definition) is 1. The van der Waals surface area contributed by atoms with Gasteiger partial charge in [0, 0.05) is 18.7 Å². The summed E-state index contributed by atoms with van der Waals surface area (Å²) in [5, 5.41) is 15.4. The van der Waals surface area contributed by atoms with Crippen LogP contribution in [0.4, 0.5) is 5.82 Å². The lowest BCUT2D eigenvalue weighted by atomic mass is 10.2. The molecule has 0 radical (unpaired) electrons. The Morgan fingerprint density at radius 3 is 2.72 bits per heavy atom. The average molecular weight is 387 g/mol. The van der Waals surface area contributed by atoms with Gasteiger partial charge < -0.3 is 14.7 Å². The quantitative estimate of drug-likeness (QED) is 0.581. The second kappa shape index (κ2) is 7.18. The monoisotopic (exact) mass is 387 g/mol. The van der Waals surface area contributed by atoms with Gasteiger partial charge in [-0.15, -0.1) is 0 Å². The van der Waals surface area contributed by atoms with E-state index in [1.165, 1.54) is 0 Å². The zero-order valence-corrected chi connectivity index (χ0v) is 16.1. The van der Waals surface area contributed by atoms with Crippen LogP contribution in [0.1, 0.15) is 6.92 Å². The lowest BCUT2D eigenvalue weighted by molar-refractivity contribution is 0.0530. The van der Waals surface area contributed by atoms with Crippen molar-refractivity contribution in [3.8, 4) is 22.8 Å². The molecule has 1 fully saturated rings. The molecule has 3 heterocycles. The number of ether oxygens (including phenoxy) is 1. The molecule has 0 spiro atoms. The molecule has 0 aliphatic carbocycles. The van der Waals surface area contributed by atoms with Gasteiger partial charge in [0.25, 0.3) is 0 Å². The number of aromatic nitrogens is 4. The third-order valence-corrected chi connectivity index (χ3v) is 5.05. The van der Waals surface area contributed by atoms with E-state index in [0.717, 1.165) is 41.2 Å². The molecule has 4 aromatic rings. The molecule has 1 saturated heterocycles. The van der Waals surface area contributed by atoms with Crippen molar-refractivity contribution in [2.45, 2.75) is 13.0 Å². The first-order chi connectivity index (χ1) is 14.2. The molecular formula is C22H21N5O2. The smallest absolute Gasteiger partial charge is 0.169 e. The van der Waals surface area contributed by atoms with E-state index in [4.69, 9.17) is 14.7 Å². The maximum absolute atomic E-state index is 9.93. The Morgan fingerprint density at radius 2 is 1.93 bits per heavy atom. The molecule has 0 amide bonds. The number of para-hydroxylation sites is 1. The minimum absolute atomic E-state index is 0.127. The zero-order chi connectivity index (χ0) is 19.8. The van der Waals surface area contributed by atoms with Crippen molar-refractivity contribution < 1.29 is 9.84 Å². The fraction of sp³-hybridized carbons (Fsp3) is 0.227. The van der Waals surface area contributed by atoms with Crippen LogP contribution in [0.25, 0.3) is 28.1 Å². The van der Waals surface area contributed by atoms with Gasteiger partial charge in [-0.05, 0) is 31.2 Å². The molecule has 2 aromatic heterocycles. The normalized spacial score (nSPS) is 17.0. The number of phenols is 1. The van der Waals surface area contributed by atoms with Gasteiger partial charge >= 0.3 is 0 Å². The van der Waals surface area contributed by atoms with E-state index in [1.807, 2.05) is 47.3 Å². The number of fused-ring (bicyclic) bond motifs is 1. The first-order valence-corrected chi connectivity index (χ1v) is 9.66. The highest BCUT2D eigenvalue weighted by Gasteiger charge is 2.23. The second-order valence-corrected chi connectivity index (χ2v) is 7.18. The van der Waals surface area contributed by atoms with Gasteiger partial charge in [-0.1, -0.05) is 30.3 Å². The van der Waals surface area contributed by atoms with Crippen molar-refractivity contribution >= 4 is 16.9 Å². The van der Waals surface area contributed by atoms with Gasteiger partial charge in [-0.25, -0.2) is 14.6 Å². The van der Waals surface area contributed by atoms with Crippen LogP contribution in [0.2, 0.25) is 0 Å². The summed E-state index contributed by atoms with van der Waals surface area (Å²) >= 11 is 0. The van der Waals surface area contributed by atoms with E-state index in [0.29, 0.717) is 12.4 Å². The molecule has 1 N–H and O–H groups in total. The lowest BCUT2D eigenvalue weighted by Crippen LogP contribution is -2.41. The summed E-state index contributed by atoms with van der Waals surface area (Å²) in [4.78, 5) is 11.9. The maximum atomic E-state index is 9.93. The maximum Gasteiger partial charge on any atom is 0.169 e. The number of hydrogen-bond acceptors (Lipinski definition) is 6. The third-order valence-electron chi connectivity index (χ3n) is 5.05. The van der Waals surface area contributed by atoms with Crippen molar-refractivity contribution in [1.29, 1.82) is 0 Å². The van der Waals surface area contributed by atoms with E-state index in [2.05, 4.69) is 16.9 Å². The van der Waals surface area contributed by atoms with E-state index >= 15 is 0 Å². The Bertz CT molecular complexity index is 1160. The first kappa shape index (κ1) is 17.6. The molecule has 29 heavy (non-hydrogen) atoms. The fourth-order valence-electron chi connectivity index (χ4n) is 3.68. The summed E-state index contributed by atoms with van der Waals surface area (Å²) in [6, 6.07) is 16.9. The van der Waals surface area contributed by atoms with E-state index in [-0.39, 0.29) is 11.9 Å². The Kier molecular flexibility index (Phi) is 4.37. The summed E-state index contributed by atoms with van der Waals surface area (Å²) in [6.07, 6.45) is 1.95. The Labute approximate surface area is 168 Å². The standard InChI is InChI=1S/C22H21N5O2/c1-15-14-26(10-11-29-15)21-19-13-23-27(17-7-3-2-4-8-17)22(19)25-20(24-21)16-6-5-9-18(28)12-16/h2-9,12-13,15,28H,10-11,14H2,1H3. The molecule has 1 atom stereocenters. The second-order valence-electron chi connectivity index (χ2n) is 7.18. The predicted octanol–water partition coefficient (Wildman–Crippen LogP) is 3.41. The molecule has 146 valence electrons. The summed E-state index contributed by atoms with van der Waals surface area (Å²) in [5.74, 6) is 1.58. The molecule has 1 aliphatic heterocycles. The number of aromatic hydroxyl groups is 1. The molecule has 1 unspecified atom stereocenters. The first-order valence-electron chi connectivity index (χ1n) is 9.66. The number of morpholine rings is 1. The molecule has 5 rings (SSSR count). The van der Waals surface area contributed by atoms with Crippen LogP contribution in [0.3, 0.4) is 0 Å². The highest BCUT2D eigenvalue weighted by Crippen LogP contribution is 2.30. The number of rotatable bonds is 3. The van der Waals surface area contributed by atoms with Gasteiger partial charge in [-0.2, -0.15) is 5.10 Å². The molecule has 7 heteroatoms. The molecule has 7 nitrogen and oxygen atoms in total. The lowest BCUT2D eigenvalue weighted by Gasteiger charge is -2.32. The average Bonchev–Trinajstić information content (AvgIpc) is 3.18. The van der Waals surface area contributed by atoms with Gasteiger partial charge in [0.05, 0.1) is 30.0 Å². The van der Waals surface area contributed by atoms with Gasteiger partial charge in [0.1, 0.15) is 11.6 Å². The highest BCUT2D eigenvalue weighted by atomic mass is 16.5. The molecule has 0 bridgehead atoms. The van der Waals surface area contributed by atoms with E-state index < -0.39 is 0 Å². The van der Waals surface area contributed by atoms with Gasteiger partial charge in [0.2, 0.25) is 0 Å². The summed E-state index contributed by atoms with van der Waals surface area (Å²) in [5.41, 5.74) is 2.43. The number of anilines is 1. The Hall–Kier alpha value is -3.45. The Balaban J connectivity index is 1.73. The third kappa shape index (κ3) is 3.30. The van der Waals surface area contributed by atoms with Crippen LogP contribution in [-0.4, -0.2) is 50.7 Å². The largest absolute Gasteiger partial charge is 0.508 e. The summed E-state index contributed by atoms with van der Waals surface area (Å²) in [7, 11) is 0. The van der Waals surface area contributed by atoms with Crippen molar-refractivity contribution in [2.24, 2.45) is 0 Å². The van der Waals surface area contributed by atoms with Crippen LogP contribution < -0.4 is 4.90 Å². The number of benzene rings is 2. The molecular weight excluding hydrogens is 366 g/mol. The summed E-state index contributed by atoms with van der Waals surface area (Å²) < 4.78 is 7.54. The molecule has 1 aliphatic rings. The topological polar surface area (TPSA) is 76.3 Å². The van der Waals surface area contributed by atoms with Crippen molar-refractivity contribution in [3.63, 3.8) is 0 Å². The van der Waals surface area contributed by atoms with Crippen molar-refractivity contribution in [3.05, 3.63) is 60.8 Å². The highest BCUT2D eigenvalue weighted by molar-refractivity contribution is 5.89. The predicted molar refractivity (Wildman–Crippen MR) is 111 cm³/mol. The molecule has 0 saturated carbocycles. The van der Waals surface area contributed by atoms with Crippen LogP contribution in [0.15, 0.2) is 60.8 Å². The van der Waals surface area contributed by atoms with Crippen LogP contribution >= 0.6 is 0 Å².